The van der Waals surface area contributed by atoms with Crippen LogP contribution < -0.4 is 5.32 Å². The summed E-state index contributed by atoms with van der Waals surface area (Å²) in [6, 6.07) is 7.41. The topological polar surface area (TPSA) is 46.2 Å². The second-order valence-corrected chi connectivity index (χ2v) is 8.27. The normalized spacial score (nSPS) is 21.9. The third-order valence-electron chi connectivity index (χ3n) is 4.21. The second kappa shape index (κ2) is 7.80. The van der Waals surface area contributed by atoms with E-state index in [1.807, 2.05) is 0 Å². The highest BCUT2D eigenvalue weighted by Gasteiger charge is 2.16. The molecule has 0 heterocycles. The van der Waals surface area contributed by atoms with Crippen molar-refractivity contribution >= 4 is 9.84 Å². The van der Waals surface area contributed by atoms with E-state index >= 15 is 0 Å². The van der Waals surface area contributed by atoms with Gasteiger partial charge in [-0.3, -0.25) is 0 Å². The lowest BCUT2D eigenvalue weighted by atomic mass is 9.87. The fraction of sp³-hybridized carbons (Fsp3) is 0.556. The molecule has 0 spiro atoms. The minimum absolute atomic E-state index is 0.339. The van der Waals surface area contributed by atoms with E-state index in [2.05, 4.69) is 24.1 Å². The van der Waals surface area contributed by atoms with Gasteiger partial charge in [-0.15, -0.1) is 0 Å². The Kier molecular flexibility index (Phi) is 6.05. The number of benzene rings is 1. The number of hydrogen-bond donors (Lipinski definition) is 1. The van der Waals surface area contributed by atoms with Gasteiger partial charge >= 0.3 is 0 Å². The quantitative estimate of drug-likeness (QED) is 0.685. The van der Waals surface area contributed by atoms with Gasteiger partial charge in [0.15, 0.2) is 9.84 Å². The van der Waals surface area contributed by atoms with Crippen LogP contribution in [0.4, 0.5) is 0 Å². The van der Waals surface area contributed by atoms with Crippen LogP contribution in [0.25, 0.3) is 0 Å². The molecule has 1 aromatic rings. The van der Waals surface area contributed by atoms with Crippen LogP contribution in [0.5, 0.6) is 0 Å². The lowest BCUT2D eigenvalue weighted by Crippen LogP contribution is -2.33. The number of rotatable bonds is 4. The maximum Gasteiger partial charge on any atom is 0.175 e. The average molecular weight is 319 g/mol. The van der Waals surface area contributed by atoms with Gasteiger partial charge in [0.05, 0.1) is 4.90 Å². The molecule has 0 unspecified atom stereocenters. The fourth-order valence-corrected chi connectivity index (χ4v) is 3.38. The van der Waals surface area contributed by atoms with Gasteiger partial charge < -0.3 is 5.32 Å². The van der Waals surface area contributed by atoms with E-state index in [1.54, 1.807) is 24.3 Å². The lowest BCUT2D eigenvalue weighted by molar-refractivity contribution is 0.309. The number of sulfone groups is 1. The molecule has 0 radical (unpaired) electrons. The van der Waals surface area contributed by atoms with E-state index in [-0.39, 0.29) is 0 Å². The first kappa shape index (κ1) is 17.1. The predicted octanol–water partition coefficient (Wildman–Crippen LogP) is 3.00. The van der Waals surface area contributed by atoms with Gasteiger partial charge in [-0.05, 0) is 55.9 Å². The van der Waals surface area contributed by atoms with Crippen molar-refractivity contribution < 1.29 is 8.42 Å². The zero-order valence-electron chi connectivity index (χ0n) is 13.4. The van der Waals surface area contributed by atoms with Crippen molar-refractivity contribution in [1.29, 1.82) is 0 Å². The zero-order chi connectivity index (χ0) is 16.0. The molecule has 120 valence electrons. The summed E-state index contributed by atoms with van der Waals surface area (Å²) in [5.74, 6) is 7.11. The molecule has 22 heavy (non-hydrogen) atoms. The first-order valence-electron chi connectivity index (χ1n) is 7.97. The molecule has 1 aliphatic rings. The third kappa shape index (κ3) is 5.47. The minimum Gasteiger partial charge on any atom is -0.313 e. The van der Waals surface area contributed by atoms with Gasteiger partial charge in [-0.1, -0.05) is 18.8 Å². The SMILES string of the molecule is CC1CCC(NCCC#Cc2ccc(S(C)(=O)=O)cc2)CC1. The summed E-state index contributed by atoms with van der Waals surface area (Å²) in [7, 11) is -3.12. The van der Waals surface area contributed by atoms with Crippen LogP contribution in [-0.2, 0) is 9.84 Å². The van der Waals surface area contributed by atoms with Crippen molar-refractivity contribution in [2.45, 2.75) is 50.0 Å². The molecule has 3 nitrogen and oxygen atoms in total. The van der Waals surface area contributed by atoms with E-state index in [1.165, 1.54) is 31.9 Å². The Hall–Kier alpha value is -1.31. The van der Waals surface area contributed by atoms with Crippen LogP contribution in [0.2, 0.25) is 0 Å². The van der Waals surface area contributed by atoms with Crippen LogP contribution in [-0.4, -0.2) is 27.3 Å². The molecule has 0 atom stereocenters. The summed E-state index contributed by atoms with van der Waals surface area (Å²) in [6.07, 6.45) is 7.25. The zero-order valence-corrected chi connectivity index (χ0v) is 14.2. The van der Waals surface area contributed by atoms with Gasteiger partial charge in [-0.25, -0.2) is 8.42 Å². The van der Waals surface area contributed by atoms with Crippen molar-refractivity contribution in [3.63, 3.8) is 0 Å². The van der Waals surface area contributed by atoms with Crippen molar-refractivity contribution in [3.8, 4) is 11.8 Å². The van der Waals surface area contributed by atoms with Crippen molar-refractivity contribution in [2.75, 3.05) is 12.8 Å². The highest BCUT2D eigenvalue weighted by molar-refractivity contribution is 7.90. The maximum atomic E-state index is 11.4. The van der Waals surface area contributed by atoms with Gasteiger partial charge in [0.2, 0.25) is 0 Å². The Morgan fingerprint density at radius 1 is 1.14 bits per heavy atom. The second-order valence-electron chi connectivity index (χ2n) is 6.26. The predicted molar refractivity (Wildman–Crippen MR) is 90.5 cm³/mol. The summed E-state index contributed by atoms with van der Waals surface area (Å²) in [5.41, 5.74) is 0.860. The van der Waals surface area contributed by atoms with E-state index < -0.39 is 9.84 Å². The van der Waals surface area contributed by atoms with E-state index in [4.69, 9.17) is 0 Å². The van der Waals surface area contributed by atoms with Crippen molar-refractivity contribution in [2.24, 2.45) is 5.92 Å². The van der Waals surface area contributed by atoms with Gasteiger partial charge in [0.25, 0.3) is 0 Å². The molecule has 1 aliphatic carbocycles. The highest BCUT2D eigenvalue weighted by Crippen LogP contribution is 2.23. The van der Waals surface area contributed by atoms with Crippen molar-refractivity contribution in [3.05, 3.63) is 29.8 Å². The summed E-state index contributed by atoms with van der Waals surface area (Å²) < 4.78 is 22.7. The molecule has 4 heteroatoms. The summed E-state index contributed by atoms with van der Waals surface area (Å²) in [5, 5.41) is 3.58. The molecular formula is C18H25NO2S. The van der Waals surface area contributed by atoms with Crippen molar-refractivity contribution in [1.82, 2.24) is 5.32 Å². The van der Waals surface area contributed by atoms with Gasteiger partial charge in [0.1, 0.15) is 0 Å². The Balaban J connectivity index is 1.75. The standard InChI is InChI=1S/C18H25NO2S/c1-15-6-10-17(11-7-15)19-14-4-3-5-16-8-12-18(13-9-16)22(2,20)21/h8-9,12-13,15,17,19H,4,6-7,10-11,14H2,1-2H3. The van der Waals surface area contributed by atoms with E-state index in [9.17, 15) is 8.42 Å². The van der Waals surface area contributed by atoms with Crippen LogP contribution in [0.1, 0.15) is 44.6 Å². The molecule has 0 aliphatic heterocycles. The van der Waals surface area contributed by atoms with Gasteiger partial charge in [-0.2, -0.15) is 0 Å². The molecule has 1 aromatic carbocycles. The van der Waals surface area contributed by atoms with Crippen LogP contribution in [0.15, 0.2) is 29.2 Å². The van der Waals surface area contributed by atoms with Gasteiger partial charge in [0, 0.05) is 30.8 Å². The summed E-state index contributed by atoms with van der Waals surface area (Å²) >= 11 is 0. The molecule has 2 rings (SSSR count). The Labute approximate surface area is 134 Å². The molecular weight excluding hydrogens is 294 g/mol. The largest absolute Gasteiger partial charge is 0.313 e. The lowest BCUT2D eigenvalue weighted by Gasteiger charge is -2.26. The average Bonchev–Trinajstić information content (AvgIpc) is 2.48. The summed E-state index contributed by atoms with van der Waals surface area (Å²) in [6.45, 7) is 3.25. The molecule has 1 fully saturated rings. The molecule has 1 saturated carbocycles. The smallest absolute Gasteiger partial charge is 0.175 e. The first-order chi connectivity index (χ1) is 10.4. The monoisotopic (exact) mass is 319 g/mol. The molecule has 0 amide bonds. The van der Waals surface area contributed by atoms with E-state index in [0.29, 0.717) is 10.9 Å². The first-order valence-corrected chi connectivity index (χ1v) is 9.86. The number of hydrogen-bond acceptors (Lipinski definition) is 3. The Morgan fingerprint density at radius 2 is 1.77 bits per heavy atom. The fourth-order valence-electron chi connectivity index (χ4n) is 2.75. The molecule has 0 aromatic heterocycles. The number of nitrogens with one attached hydrogen (secondary N) is 1. The van der Waals surface area contributed by atoms with Crippen LogP contribution >= 0.6 is 0 Å². The highest BCUT2D eigenvalue weighted by atomic mass is 32.2. The molecule has 0 saturated heterocycles. The Morgan fingerprint density at radius 3 is 2.36 bits per heavy atom. The minimum atomic E-state index is -3.12. The van der Waals surface area contributed by atoms with Crippen LogP contribution in [0, 0.1) is 17.8 Å². The van der Waals surface area contributed by atoms with Crippen LogP contribution in [0.3, 0.4) is 0 Å². The summed E-state index contributed by atoms with van der Waals surface area (Å²) in [4.78, 5) is 0.339. The molecule has 0 bridgehead atoms. The van der Waals surface area contributed by atoms with E-state index in [0.717, 1.165) is 24.4 Å². The maximum absolute atomic E-state index is 11.4. The Bertz CT molecular complexity index is 630. The molecule has 1 N–H and O–H groups in total. The third-order valence-corrected chi connectivity index (χ3v) is 5.34.